The molecule has 0 saturated heterocycles. The predicted molar refractivity (Wildman–Crippen MR) is 84.6 cm³/mol. The van der Waals surface area contributed by atoms with E-state index in [1.807, 2.05) is 0 Å². The van der Waals surface area contributed by atoms with Gasteiger partial charge in [-0.15, -0.1) is 0 Å². The molecular weight excluding hydrogens is 230 g/mol. The average Bonchev–Trinajstić information content (AvgIpc) is 2.44. The summed E-state index contributed by atoms with van der Waals surface area (Å²) in [5.74, 6) is 0. The van der Waals surface area contributed by atoms with Crippen LogP contribution >= 0.6 is 0 Å². The molecule has 1 atom stereocenters. The summed E-state index contributed by atoms with van der Waals surface area (Å²) in [6.45, 7) is 6.96. The molecule has 0 aliphatic rings. The van der Waals surface area contributed by atoms with Gasteiger partial charge < -0.3 is 5.32 Å². The molecule has 0 spiro atoms. The van der Waals surface area contributed by atoms with E-state index in [-0.39, 0.29) is 0 Å². The van der Waals surface area contributed by atoms with E-state index in [9.17, 15) is 0 Å². The first-order chi connectivity index (χ1) is 9.08. The highest BCUT2D eigenvalue weighted by atomic mass is 14.9. The van der Waals surface area contributed by atoms with Gasteiger partial charge in [-0.2, -0.15) is 0 Å². The summed E-state index contributed by atoms with van der Waals surface area (Å²) in [7, 11) is 2.08. The second-order valence-corrected chi connectivity index (χ2v) is 6.03. The summed E-state index contributed by atoms with van der Waals surface area (Å²) in [5, 5.41) is 6.23. The number of benzene rings is 2. The zero-order valence-electron chi connectivity index (χ0n) is 12.5. The van der Waals surface area contributed by atoms with Gasteiger partial charge in [0.25, 0.3) is 0 Å². The Balaban J connectivity index is 2.35. The molecule has 2 rings (SSSR count). The zero-order valence-corrected chi connectivity index (χ0v) is 12.5. The number of likely N-dealkylation sites (N-methyl/N-ethyl adjacent to an activating group) is 1. The molecule has 1 heteroatoms. The number of fused-ring (bicyclic) bond motifs is 1. The Kier molecular flexibility index (Phi) is 4.26. The highest BCUT2D eigenvalue weighted by Crippen LogP contribution is 2.29. The minimum Gasteiger partial charge on any atom is -0.316 e. The van der Waals surface area contributed by atoms with Crippen LogP contribution in [0.15, 0.2) is 42.5 Å². The number of hydrogen-bond acceptors (Lipinski definition) is 1. The Labute approximate surface area is 117 Å². The molecule has 2 aromatic carbocycles. The van der Waals surface area contributed by atoms with E-state index in [2.05, 4.69) is 75.6 Å². The van der Waals surface area contributed by atoms with Gasteiger partial charge in [0.05, 0.1) is 0 Å². The maximum Gasteiger partial charge on any atom is 0.0156 e. The van der Waals surface area contributed by atoms with Crippen molar-refractivity contribution in [2.45, 2.75) is 39.7 Å². The van der Waals surface area contributed by atoms with Crippen molar-refractivity contribution in [3.8, 4) is 0 Å². The number of nitrogens with one attached hydrogen (secondary N) is 1. The maximum absolute atomic E-state index is 3.51. The van der Waals surface area contributed by atoms with Crippen LogP contribution in [0.5, 0.6) is 0 Å². The minimum absolute atomic E-state index is 0.311. The van der Waals surface area contributed by atoms with E-state index in [1.54, 1.807) is 0 Å². The third-order valence-corrected chi connectivity index (χ3v) is 4.51. The Bertz CT molecular complexity index is 537. The summed E-state index contributed by atoms with van der Waals surface area (Å²) < 4.78 is 0. The Morgan fingerprint density at radius 1 is 1.05 bits per heavy atom. The van der Waals surface area contributed by atoms with E-state index in [0.29, 0.717) is 11.5 Å². The van der Waals surface area contributed by atoms with Crippen LogP contribution in [-0.2, 0) is 6.42 Å². The molecule has 0 aliphatic heterocycles. The van der Waals surface area contributed by atoms with E-state index in [4.69, 9.17) is 0 Å². The lowest BCUT2D eigenvalue weighted by atomic mass is 9.78. The van der Waals surface area contributed by atoms with Crippen LogP contribution in [0.1, 0.15) is 32.8 Å². The fourth-order valence-corrected chi connectivity index (χ4v) is 2.71. The molecule has 0 fully saturated rings. The monoisotopic (exact) mass is 255 g/mol. The quantitative estimate of drug-likeness (QED) is 0.834. The molecule has 0 heterocycles. The molecule has 102 valence electrons. The first kappa shape index (κ1) is 14.1. The van der Waals surface area contributed by atoms with Crippen LogP contribution < -0.4 is 5.32 Å². The van der Waals surface area contributed by atoms with Crippen molar-refractivity contribution in [2.24, 2.45) is 5.41 Å². The van der Waals surface area contributed by atoms with Crippen LogP contribution in [-0.4, -0.2) is 13.1 Å². The second-order valence-electron chi connectivity index (χ2n) is 6.03. The van der Waals surface area contributed by atoms with Gasteiger partial charge in [0.1, 0.15) is 0 Å². The smallest absolute Gasteiger partial charge is 0.0156 e. The largest absolute Gasteiger partial charge is 0.316 e. The lowest BCUT2D eigenvalue weighted by Crippen LogP contribution is -2.41. The number of hydrogen-bond donors (Lipinski definition) is 1. The molecule has 0 aromatic heterocycles. The third kappa shape index (κ3) is 2.98. The SMILES string of the molecule is CCC(C)(C)C(Cc1cccc2ccccc12)NC. The molecule has 1 nitrogen and oxygen atoms in total. The summed E-state index contributed by atoms with van der Waals surface area (Å²) in [6.07, 6.45) is 2.27. The van der Waals surface area contributed by atoms with Gasteiger partial charge in [-0.1, -0.05) is 63.2 Å². The van der Waals surface area contributed by atoms with Crippen molar-refractivity contribution in [1.29, 1.82) is 0 Å². The van der Waals surface area contributed by atoms with Crippen molar-refractivity contribution in [2.75, 3.05) is 7.05 Å². The summed E-state index contributed by atoms with van der Waals surface area (Å²) in [5.41, 5.74) is 1.75. The van der Waals surface area contributed by atoms with Crippen LogP contribution in [0.4, 0.5) is 0 Å². The van der Waals surface area contributed by atoms with Gasteiger partial charge in [0.15, 0.2) is 0 Å². The molecular formula is C18H25N. The van der Waals surface area contributed by atoms with Crippen molar-refractivity contribution in [1.82, 2.24) is 5.32 Å². The second kappa shape index (κ2) is 5.75. The van der Waals surface area contributed by atoms with E-state index in [0.717, 1.165) is 6.42 Å². The molecule has 0 bridgehead atoms. The van der Waals surface area contributed by atoms with Gasteiger partial charge in [-0.3, -0.25) is 0 Å². The van der Waals surface area contributed by atoms with Crippen molar-refractivity contribution < 1.29 is 0 Å². The van der Waals surface area contributed by atoms with E-state index < -0.39 is 0 Å². The van der Waals surface area contributed by atoms with Gasteiger partial charge in [0.2, 0.25) is 0 Å². The van der Waals surface area contributed by atoms with Gasteiger partial charge >= 0.3 is 0 Å². The molecule has 0 saturated carbocycles. The Hall–Kier alpha value is -1.34. The highest BCUT2D eigenvalue weighted by Gasteiger charge is 2.26. The molecule has 2 aromatic rings. The molecule has 19 heavy (non-hydrogen) atoms. The predicted octanol–water partition coefficient (Wildman–Crippen LogP) is 4.41. The fourth-order valence-electron chi connectivity index (χ4n) is 2.71. The first-order valence-corrected chi connectivity index (χ1v) is 7.22. The van der Waals surface area contributed by atoms with Crippen LogP contribution in [0.2, 0.25) is 0 Å². The topological polar surface area (TPSA) is 12.0 Å². The van der Waals surface area contributed by atoms with E-state index in [1.165, 1.54) is 22.8 Å². The lowest BCUT2D eigenvalue weighted by Gasteiger charge is -2.33. The van der Waals surface area contributed by atoms with E-state index >= 15 is 0 Å². The van der Waals surface area contributed by atoms with Crippen molar-refractivity contribution in [3.05, 3.63) is 48.0 Å². The lowest BCUT2D eigenvalue weighted by molar-refractivity contribution is 0.241. The fraction of sp³-hybridized carbons (Fsp3) is 0.444. The van der Waals surface area contributed by atoms with Gasteiger partial charge in [0, 0.05) is 6.04 Å². The Morgan fingerprint density at radius 3 is 2.42 bits per heavy atom. The summed E-state index contributed by atoms with van der Waals surface area (Å²) in [6, 6.07) is 15.8. The van der Waals surface area contributed by atoms with Crippen LogP contribution in [0.3, 0.4) is 0 Å². The normalized spacial score (nSPS) is 13.7. The number of rotatable bonds is 5. The minimum atomic E-state index is 0.311. The standard InChI is InChI=1S/C18H25N/c1-5-18(2,3)17(19-4)13-15-11-8-10-14-9-6-7-12-16(14)15/h6-12,17,19H,5,13H2,1-4H3. The first-order valence-electron chi connectivity index (χ1n) is 7.22. The highest BCUT2D eigenvalue weighted by molar-refractivity contribution is 5.85. The molecule has 0 radical (unpaired) electrons. The zero-order chi connectivity index (χ0) is 13.9. The molecule has 0 amide bonds. The molecule has 1 unspecified atom stereocenters. The third-order valence-electron chi connectivity index (χ3n) is 4.51. The Morgan fingerprint density at radius 2 is 1.74 bits per heavy atom. The molecule has 0 aliphatic carbocycles. The van der Waals surface area contributed by atoms with Crippen LogP contribution in [0.25, 0.3) is 10.8 Å². The summed E-state index contributed by atoms with van der Waals surface area (Å²) >= 11 is 0. The molecule has 1 N–H and O–H groups in total. The van der Waals surface area contributed by atoms with Gasteiger partial charge in [-0.05, 0) is 41.6 Å². The average molecular weight is 255 g/mol. The van der Waals surface area contributed by atoms with Crippen molar-refractivity contribution >= 4 is 10.8 Å². The maximum atomic E-state index is 3.51. The van der Waals surface area contributed by atoms with Crippen molar-refractivity contribution in [3.63, 3.8) is 0 Å². The summed E-state index contributed by atoms with van der Waals surface area (Å²) in [4.78, 5) is 0. The van der Waals surface area contributed by atoms with Crippen LogP contribution in [0, 0.1) is 5.41 Å². The van der Waals surface area contributed by atoms with Gasteiger partial charge in [-0.25, -0.2) is 0 Å².